The van der Waals surface area contributed by atoms with Crippen molar-refractivity contribution in [1.82, 2.24) is 15.5 Å². The van der Waals surface area contributed by atoms with Gasteiger partial charge in [-0.15, -0.1) is 0 Å². The molecule has 1 aliphatic heterocycles. The first-order valence-electron chi connectivity index (χ1n) is 9.54. The first-order valence-corrected chi connectivity index (χ1v) is 9.54. The van der Waals surface area contributed by atoms with E-state index in [0.29, 0.717) is 0 Å². The van der Waals surface area contributed by atoms with E-state index in [2.05, 4.69) is 57.8 Å². The average Bonchev–Trinajstić information content (AvgIpc) is 3.12. The van der Waals surface area contributed by atoms with Crippen molar-refractivity contribution >= 4 is 5.96 Å². The Morgan fingerprint density at radius 3 is 2.56 bits per heavy atom. The summed E-state index contributed by atoms with van der Waals surface area (Å²) < 4.78 is 11.4. The summed E-state index contributed by atoms with van der Waals surface area (Å²) in [7, 11) is 1.80. The Hall–Kier alpha value is -2.31. The van der Waals surface area contributed by atoms with Crippen LogP contribution in [-0.2, 0) is 11.3 Å². The van der Waals surface area contributed by atoms with Crippen LogP contribution in [0.4, 0.5) is 0 Å². The van der Waals surface area contributed by atoms with Gasteiger partial charge in [0.2, 0.25) is 0 Å². The molecule has 146 valence electrons. The van der Waals surface area contributed by atoms with Crippen molar-refractivity contribution in [1.29, 1.82) is 0 Å². The minimum Gasteiger partial charge on any atom is -0.465 e. The largest absolute Gasteiger partial charge is 0.465 e. The quantitative estimate of drug-likeness (QED) is 0.605. The molecule has 3 rings (SSSR count). The van der Waals surface area contributed by atoms with Crippen LogP contribution < -0.4 is 10.6 Å². The van der Waals surface area contributed by atoms with Gasteiger partial charge in [-0.25, -0.2) is 0 Å². The highest BCUT2D eigenvalue weighted by molar-refractivity contribution is 5.79. The Morgan fingerprint density at radius 2 is 1.89 bits per heavy atom. The Bertz CT molecular complexity index is 750. The molecular formula is C21H30N4O2. The molecule has 0 saturated carbocycles. The number of aliphatic imine (C=N–C) groups is 1. The van der Waals surface area contributed by atoms with E-state index in [1.807, 2.05) is 13.0 Å². The van der Waals surface area contributed by atoms with Gasteiger partial charge in [-0.1, -0.05) is 24.3 Å². The Kier molecular flexibility index (Phi) is 6.90. The normalized spacial score (nSPS) is 16.9. The van der Waals surface area contributed by atoms with Crippen molar-refractivity contribution in [2.45, 2.75) is 26.4 Å². The van der Waals surface area contributed by atoms with Crippen molar-refractivity contribution in [2.75, 3.05) is 39.9 Å². The SMILES string of the molecule is CN=C(NCc1ccccc1C)NCC(c1ccc(C)o1)N1CCOCC1. The zero-order valence-electron chi connectivity index (χ0n) is 16.5. The highest BCUT2D eigenvalue weighted by Crippen LogP contribution is 2.23. The lowest BCUT2D eigenvalue weighted by Gasteiger charge is -2.33. The molecule has 6 nitrogen and oxygen atoms in total. The third-order valence-electron chi connectivity index (χ3n) is 4.97. The second kappa shape index (κ2) is 9.58. The van der Waals surface area contributed by atoms with Crippen LogP contribution in [0.5, 0.6) is 0 Å². The fourth-order valence-corrected chi connectivity index (χ4v) is 3.33. The van der Waals surface area contributed by atoms with Gasteiger partial charge in [0.05, 0.1) is 19.3 Å². The molecule has 1 aromatic heterocycles. The lowest BCUT2D eigenvalue weighted by molar-refractivity contribution is 0.0124. The first kappa shape index (κ1) is 19.5. The van der Waals surface area contributed by atoms with E-state index < -0.39 is 0 Å². The number of morpholine rings is 1. The van der Waals surface area contributed by atoms with E-state index >= 15 is 0 Å². The zero-order valence-corrected chi connectivity index (χ0v) is 16.5. The Morgan fingerprint density at radius 1 is 1.11 bits per heavy atom. The van der Waals surface area contributed by atoms with Crippen molar-refractivity contribution in [3.05, 3.63) is 59.0 Å². The predicted octanol–water partition coefficient (Wildman–Crippen LogP) is 2.63. The molecule has 0 amide bonds. The maximum Gasteiger partial charge on any atom is 0.191 e. The molecule has 0 bridgehead atoms. The van der Waals surface area contributed by atoms with Crippen LogP contribution in [0.2, 0.25) is 0 Å². The Balaban J connectivity index is 1.61. The number of ether oxygens (including phenoxy) is 1. The van der Waals surface area contributed by atoms with Gasteiger partial charge >= 0.3 is 0 Å². The van der Waals surface area contributed by atoms with Gasteiger partial charge in [-0.05, 0) is 37.1 Å². The molecular weight excluding hydrogens is 340 g/mol. The lowest BCUT2D eigenvalue weighted by Crippen LogP contribution is -2.46. The lowest BCUT2D eigenvalue weighted by atomic mass is 10.1. The fourth-order valence-electron chi connectivity index (χ4n) is 3.33. The van der Waals surface area contributed by atoms with Gasteiger partial charge in [0.1, 0.15) is 11.5 Å². The summed E-state index contributed by atoms with van der Waals surface area (Å²) in [5.41, 5.74) is 2.55. The number of guanidine groups is 1. The second-order valence-electron chi connectivity index (χ2n) is 6.85. The van der Waals surface area contributed by atoms with Gasteiger partial charge in [0, 0.05) is 33.2 Å². The van der Waals surface area contributed by atoms with Crippen LogP contribution in [0.1, 0.15) is 28.7 Å². The molecule has 0 radical (unpaired) electrons. The molecule has 2 aromatic rings. The maximum absolute atomic E-state index is 5.93. The molecule has 1 aromatic carbocycles. The van der Waals surface area contributed by atoms with Crippen LogP contribution >= 0.6 is 0 Å². The monoisotopic (exact) mass is 370 g/mol. The van der Waals surface area contributed by atoms with Crippen LogP contribution in [0, 0.1) is 13.8 Å². The van der Waals surface area contributed by atoms with E-state index in [0.717, 1.165) is 56.9 Å². The Labute approximate surface area is 161 Å². The summed E-state index contributed by atoms with van der Waals surface area (Å²) in [6, 6.07) is 12.6. The highest BCUT2D eigenvalue weighted by Gasteiger charge is 2.25. The molecule has 2 heterocycles. The van der Waals surface area contributed by atoms with Crippen molar-refractivity contribution < 1.29 is 9.15 Å². The summed E-state index contributed by atoms with van der Waals surface area (Å²) in [5.74, 6) is 2.71. The minimum atomic E-state index is 0.152. The third-order valence-corrected chi connectivity index (χ3v) is 4.97. The van der Waals surface area contributed by atoms with Gasteiger partial charge in [0.15, 0.2) is 5.96 Å². The molecule has 1 unspecified atom stereocenters. The summed E-state index contributed by atoms with van der Waals surface area (Å²) >= 11 is 0. The second-order valence-corrected chi connectivity index (χ2v) is 6.85. The minimum absolute atomic E-state index is 0.152. The van der Waals surface area contributed by atoms with E-state index in [-0.39, 0.29) is 6.04 Å². The van der Waals surface area contributed by atoms with Gasteiger partial charge in [-0.3, -0.25) is 9.89 Å². The zero-order chi connectivity index (χ0) is 19.1. The van der Waals surface area contributed by atoms with E-state index in [1.54, 1.807) is 7.05 Å². The number of hydrogen-bond donors (Lipinski definition) is 2. The van der Waals surface area contributed by atoms with Crippen molar-refractivity contribution in [2.24, 2.45) is 4.99 Å². The molecule has 0 spiro atoms. The van der Waals surface area contributed by atoms with E-state index in [1.165, 1.54) is 11.1 Å². The number of furan rings is 1. The number of aryl methyl sites for hydroxylation is 2. The molecule has 27 heavy (non-hydrogen) atoms. The smallest absolute Gasteiger partial charge is 0.191 e. The molecule has 1 saturated heterocycles. The summed E-state index contributed by atoms with van der Waals surface area (Å²) in [6.07, 6.45) is 0. The molecule has 1 aliphatic rings. The predicted molar refractivity (Wildman–Crippen MR) is 108 cm³/mol. The molecule has 0 aliphatic carbocycles. The number of benzene rings is 1. The highest BCUT2D eigenvalue weighted by atomic mass is 16.5. The third kappa shape index (κ3) is 5.34. The van der Waals surface area contributed by atoms with E-state index in [9.17, 15) is 0 Å². The van der Waals surface area contributed by atoms with E-state index in [4.69, 9.17) is 9.15 Å². The maximum atomic E-state index is 5.93. The number of rotatable bonds is 6. The van der Waals surface area contributed by atoms with Gasteiger partial charge < -0.3 is 19.8 Å². The van der Waals surface area contributed by atoms with Crippen LogP contribution in [0.15, 0.2) is 45.8 Å². The van der Waals surface area contributed by atoms with Gasteiger partial charge in [-0.2, -0.15) is 0 Å². The molecule has 1 atom stereocenters. The van der Waals surface area contributed by atoms with Crippen LogP contribution in [0.25, 0.3) is 0 Å². The summed E-state index contributed by atoms with van der Waals surface area (Å²) in [6.45, 7) is 8.90. The van der Waals surface area contributed by atoms with Crippen molar-refractivity contribution in [3.8, 4) is 0 Å². The average molecular weight is 370 g/mol. The molecule has 2 N–H and O–H groups in total. The molecule has 1 fully saturated rings. The topological polar surface area (TPSA) is 62.0 Å². The first-order chi connectivity index (χ1) is 13.2. The van der Waals surface area contributed by atoms with Gasteiger partial charge in [0.25, 0.3) is 0 Å². The summed E-state index contributed by atoms with van der Waals surface area (Å²) in [4.78, 5) is 6.78. The number of nitrogens with one attached hydrogen (secondary N) is 2. The number of hydrogen-bond acceptors (Lipinski definition) is 4. The van der Waals surface area contributed by atoms with Crippen LogP contribution in [-0.4, -0.2) is 50.8 Å². The van der Waals surface area contributed by atoms with Crippen molar-refractivity contribution in [3.63, 3.8) is 0 Å². The number of nitrogens with zero attached hydrogens (tertiary/aromatic N) is 2. The van der Waals surface area contributed by atoms with Crippen LogP contribution in [0.3, 0.4) is 0 Å². The fraction of sp³-hybridized carbons (Fsp3) is 0.476. The summed E-state index contributed by atoms with van der Waals surface area (Å²) in [5, 5.41) is 6.87. The molecule has 6 heteroatoms. The standard InChI is InChI=1S/C21H30N4O2/c1-16-6-4-5-7-18(16)14-23-21(22-3)24-15-19(20-9-8-17(2)27-20)25-10-12-26-13-11-25/h4-9,19H,10-15H2,1-3H3,(H2,22,23,24).